The molecular weight excluding hydrogens is 997 g/mol. The highest BCUT2D eigenvalue weighted by atomic mass is 16.6. The smallest absolute Gasteiger partial charge is 0.306 e. The summed E-state index contributed by atoms with van der Waals surface area (Å²) < 4.78 is 16.8. The minimum absolute atomic E-state index is 0.113. The maximum absolute atomic E-state index is 12.9. The fraction of sp³-hybridized carbons (Fsp3) is 0.587. The standard InChI is InChI=1S/C75H118O6/c1-4-7-10-13-16-19-22-24-26-28-30-32-34-35-36-37-38-39-41-42-44-46-48-50-53-56-59-62-65-68-74(77)80-71-72(70-79-73(76)67-64-61-58-55-52-21-18-15-12-9-6-3)81-75(78)69-66-63-60-57-54-51-49-47-45-43-40-33-31-29-27-25-23-20-17-14-11-8-5-2/h7-8,10-11,15-20,24-27,30-33,35-36,38-39,43,45,49,51,57,60,72H,4-6,9,12-14,21-23,28-29,34,37,40-42,44,46-48,50,52-56,58-59,61-71H2,1-3H3/b10-7-,11-8-,18-15-,19-16-,20-17-,26-24-,27-25-,32-30-,33-31-,36-35-,39-38-,45-43-,51-49-,60-57-. The monoisotopic (exact) mass is 1110 g/mol. The van der Waals surface area contributed by atoms with Crippen molar-refractivity contribution in [2.75, 3.05) is 13.2 Å². The van der Waals surface area contributed by atoms with E-state index in [-0.39, 0.29) is 37.5 Å². The second-order valence-electron chi connectivity index (χ2n) is 20.9. The van der Waals surface area contributed by atoms with Crippen LogP contribution in [0.25, 0.3) is 0 Å². The van der Waals surface area contributed by atoms with Crippen LogP contribution in [0.1, 0.15) is 265 Å². The van der Waals surface area contributed by atoms with Crippen molar-refractivity contribution < 1.29 is 28.6 Å². The summed E-state index contributed by atoms with van der Waals surface area (Å²) in [5.41, 5.74) is 0. The normalized spacial score (nSPS) is 13.3. The van der Waals surface area contributed by atoms with Gasteiger partial charge in [-0.1, -0.05) is 274 Å². The van der Waals surface area contributed by atoms with Gasteiger partial charge in [-0.3, -0.25) is 14.4 Å². The van der Waals surface area contributed by atoms with Crippen molar-refractivity contribution in [1.29, 1.82) is 0 Å². The van der Waals surface area contributed by atoms with Gasteiger partial charge >= 0.3 is 17.9 Å². The van der Waals surface area contributed by atoms with E-state index in [0.29, 0.717) is 19.3 Å². The molecule has 0 spiro atoms. The number of hydrogen-bond acceptors (Lipinski definition) is 6. The molecule has 1 unspecified atom stereocenters. The van der Waals surface area contributed by atoms with E-state index in [0.717, 1.165) is 148 Å². The molecule has 454 valence electrons. The van der Waals surface area contributed by atoms with Crippen LogP contribution in [0, 0.1) is 0 Å². The first-order chi connectivity index (χ1) is 40.0. The number of esters is 3. The number of hydrogen-bond donors (Lipinski definition) is 0. The molecule has 0 bridgehead atoms. The Balaban J connectivity index is 4.39. The molecule has 0 aliphatic rings. The van der Waals surface area contributed by atoms with Crippen molar-refractivity contribution in [3.05, 3.63) is 170 Å². The Morgan fingerprint density at radius 3 is 0.802 bits per heavy atom. The largest absolute Gasteiger partial charge is 0.462 e. The highest BCUT2D eigenvalue weighted by Gasteiger charge is 2.19. The summed E-state index contributed by atoms with van der Waals surface area (Å²) in [7, 11) is 0. The lowest BCUT2D eigenvalue weighted by atomic mass is 10.1. The van der Waals surface area contributed by atoms with Gasteiger partial charge in [0.15, 0.2) is 6.10 Å². The summed E-state index contributed by atoms with van der Waals surface area (Å²) >= 11 is 0. The van der Waals surface area contributed by atoms with Crippen molar-refractivity contribution in [1.82, 2.24) is 0 Å². The maximum atomic E-state index is 12.9. The van der Waals surface area contributed by atoms with E-state index < -0.39 is 6.10 Å². The van der Waals surface area contributed by atoms with E-state index in [4.69, 9.17) is 14.2 Å². The Hall–Kier alpha value is -5.23. The summed E-state index contributed by atoms with van der Waals surface area (Å²) in [6.45, 7) is 6.31. The van der Waals surface area contributed by atoms with Crippen LogP contribution < -0.4 is 0 Å². The molecule has 0 fully saturated rings. The van der Waals surface area contributed by atoms with Crippen molar-refractivity contribution in [2.45, 2.75) is 271 Å². The minimum atomic E-state index is -0.823. The van der Waals surface area contributed by atoms with Crippen LogP contribution in [0.15, 0.2) is 170 Å². The van der Waals surface area contributed by atoms with Crippen LogP contribution in [-0.4, -0.2) is 37.2 Å². The summed E-state index contributed by atoms with van der Waals surface area (Å²) in [6.07, 6.45) is 99.4. The molecule has 0 aromatic heterocycles. The lowest BCUT2D eigenvalue weighted by Gasteiger charge is -2.18. The predicted molar refractivity (Wildman–Crippen MR) is 352 cm³/mol. The van der Waals surface area contributed by atoms with Crippen LogP contribution >= 0.6 is 0 Å². The van der Waals surface area contributed by atoms with E-state index in [1.165, 1.54) is 70.6 Å². The van der Waals surface area contributed by atoms with Crippen molar-refractivity contribution in [3.8, 4) is 0 Å². The Kier molecular flexibility index (Phi) is 62.9. The summed E-state index contributed by atoms with van der Waals surface area (Å²) in [4.78, 5) is 38.3. The second-order valence-corrected chi connectivity index (χ2v) is 20.9. The molecule has 0 N–H and O–H groups in total. The number of carbonyl (C=O) groups excluding carboxylic acids is 3. The number of carbonyl (C=O) groups is 3. The summed E-state index contributed by atoms with van der Waals surface area (Å²) in [5, 5.41) is 0. The molecule has 0 saturated heterocycles. The van der Waals surface area contributed by atoms with Gasteiger partial charge in [0.1, 0.15) is 13.2 Å². The van der Waals surface area contributed by atoms with Gasteiger partial charge in [0.25, 0.3) is 0 Å². The quantitative estimate of drug-likeness (QED) is 0.0261. The molecule has 1 atom stereocenters. The topological polar surface area (TPSA) is 78.9 Å². The molecular formula is C75H118O6. The third-order valence-electron chi connectivity index (χ3n) is 13.2. The first kappa shape index (κ1) is 75.8. The summed E-state index contributed by atoms with van der Waals surface area (Å²) in [6, 6.07) is 0. The molecule has 81 heavy (non-hydrogen) atoms. The zero-order chi connectivity index (χ0) is 58.5. The van der Waals surface area contributed by atoms with E-state index in [1.807, 2.05) is 0 Å². The number of ether oxygens (including phenoxy) is 3. The Labute approximate surface area is 498 Å². The summed E-state index contributed by atoms with van der Waals surface area (Å²) in [5.74, 6) is -0.992. The first-order valence-corrected chi connectivity index (χ1v) is 32.6. The molecule has 0 aliphatic heterocycles. The molecule has 0 rings (SSSR count). The lowest BCUT2D eigenvalue weighted by Crippen LogP contribution is -2.30. The predicted octanol–water partition coefficient (Wildman–Crippen LogP) is 22.7. The first-order valence-electron chi connectivity index (χ1n) is 32.6. The van der Waals surface area contributed by atoms with Crippen LogP contribution in [-0.2, 0) is 28.6 Å². The Morgan fingerprint density at radius 1 is 0.259 bits per heavy atom. The zero-order valence-electron chi connectivity index (χ0n) is 52.0. The molecule has 0 aliphatic carbocycles. The Morgan fingerprint density at radius 2 is 0.494 bits per heavy atom. The van der Waals surface area contributed by atoms with Gasteiger partial charge < -0.3 is 14.2 Å². The molecule has 6 nitrogen and oxygen atoms in total. The van der Waals surface area contributed by atoms with Gasteiger partial charge in [0, 0.05) is 19.3 Å². The van der Waals surface area contributed by atoms with Crippen molar-refractivity contribution >= 4 is 17.9 Å². The highest BCUT2D eigenvalue weighted by molar-refractivity contribution is 5.71. The fourth-order valence-corrected chi connectivity index (χ4v) is 8.36. The van der Waals surface area contributed by atoms with Crippen molar-refractivity contribution in [3.63, 3.8) is 0 Å². The average Bonchev–Trinajstić information content (AvgIpc) is 3.47. The number of rotatable bonds is 57. The van der Waals surface area contributed by atoms with E-state index >= 15 is 0 Å². The SMILES string of the molecule is CC/C=C\C/C=C\C/C=C\C/C=C\C/C=C\C/C=C\C/C=C\CCCC(=O)OC(COC(=O)CCCCCCC/C=C\CCCC)COC(=O)CCCCCCCCCCCC/C=C\C/C=C\C/C=C\C/C=C\C/C=C\C/C=C\CC. The molecule has 0 amide bonds. The molecule has 0 radical (unpaired) electrons. The second kappa shape index (κ2) is 67.3. The number of allylic oxidation sites excluding steroid dienone is 28. The zero-order valence-corrected chi connectivity index (χ0v) is 52.0. The van der Waals surface area contributed by atoms with Crippen LogP contribution in [0.4, 0.5) is 0 Å². The van der Waals surface area contributed by atoms with Gasteiger partial charge in [-0.25, -0.2) is 0 Å². The molecule has 0 aromatic carbocycles. The van der Waals surface area contributed by atoms with Crippen LogP contribution in [0.3, 0.4) is 0 Å². The van der Waals surface area contributed by atoms with E-state index in [2.05, 4.69) is 191 Å². The van der Waals surface area contributed by atoms with Gasteiger partial charge in [0.05, 0.1) is 0 Å². The maximum Gasteiger partial charge on any atom is 0.306 e. The lowest BCUT2D eigenvalue weighted by molar-refractivity contribution is -0.167. The van der Waals surface area contributed by atoms with E-state index in [9.17, 15) is 14.4 Å². The van der Waals surface area contributed by atoms with Crippen LogP contribution in [0.5, 0.6) is 0 Å². The molecule has 0 saturated carbocycles. The third-order valence-corrected chi connectivity index (χ3v) is 13.2. The van der Waals surface area contributed by atoms with Crippen molar-refractivity contribution in [2.24, 2.45) is 0 Å². The molecule has 6 heteroatoms. The average molecular weight is 1120 g/mol. The van der Waals surface area contributed by atoms with Gasteiger partial charge in [-0.2, -0.15) is 0 Å². The highest BCUT2D eigenvalue weighted by Crippen LogP contribution is 2.14. The van der Waals surface area contributed by atoms with Gasteiger partial charge in [-0.15, -0.1) is 0 Å². The Bertz CT molecular complexity index is 1860. The molecule has 0 aromatic rings. The fourth-order valence-electron chi connectivity index (χ4n) is 8.36. The third kappa shape index (κ3) is 65.5. The van der Waals surface area contributed by atoms with Gasteiger partial charge in [-0.05, 0) is 141 Å². The minimum Gasteiger partial charge on any atom is -0.462 e. The van der Waals surface area contributed by atoms with Gasteiger partial charge in [0.2, 0.25) is 0 Å². The van der Waals surface area contributed by atoms with Crippen LogP contribution in [0.2, 0.25) is 0 Å². The number of unbranched alkanes of at least 4 members (excludes halogenated alkanes) is 18. The molecule has 0 heterocycles. The van der Waals surface area contributed by atoms with E-state index in [1.54, 1.807) is 0 Å².